The molecule has 4 nitrogen and oxygen atoms in total. The molecule has 0 saturated heterocycles. The van der Waals surface area contributed by atoms with Crippen LogP contribution in [-0.4, -0.2) is 15.0 Å². The molecule has 3 rings (SSSR count). The standard InChI is InChI=1S/C14H14N4/c1-10-5-4-6-11(14(10)15)9-18-13-8-3-2-7-12(13)16-17-18/h2-8H,9,15H2,1H3. The molecule has 0 spiro atoms. The lowest BCUT2D eigenvalue weighted by Gasteiger charge is -2.08. The summed E-state index contributed by atoms with van der Waals surface area (Å²) < 4.78 is 1.88. The van der Waals surface area contributed by atoms with Crippen LogP contribution in [0.5, 0.6) is 0 Å². The number of aromatic nitrogens is 3. The minimum atomic E-state index is 0.647. The highest BCUT2D eigenvalue weighted by molar-refractivity contribution is 5.74. The summed E-state index contributed by atoms with van der Waals surface area (Å²) in [5.41, 5.74) is 11.0. The molecule has 0 aliphatic rings. The molecule has 2 aromatic carbocycles. The minimum absolute atomic E-state index is 0.647. The first-order chi connectivity index (χ1) is 8.75. The molecule has 0 amide bonds. The van der Waals surface area contributed by atoms with Crippen LogP contribution >= 0.6 is 0 Å². The van der Waals surface area contributed by atoms with Gasteiger partial charge >= 0.3 is 0 Å². The summed E-state index contributed by atoms with van der Waals surface area (Å²) in [6, 6.07) is 14.0. The highest BCUT2D eigenvalue weighted by Gasteiger charge is 2.07. The third kappa shape index (κ3) is 1.72. The summed E-state index contributed by atoms with van der Waals surface area (Å²) >= 11 is 0. The van der Waals surface area contributed by atoms with Crippen molar-refractivity contribution in [2.45, 2.75) is 13.5 Å². The second kappa shape index (κ2) is 4.14. The van der Waals surface area contributed by atoms with Gasteiger partial charge in [-0.15, -0.1) is 5.10 Å². The highest BCUT2D eigenvalue weighted by atomic mass is 15.4. The number of nitrogens with two attached hydrogens (primary N) is 1. The third-order valence-corrected chi connectivity index (χ3v) is 3.15. The summed E-state index contributed by atoms with van der Waals surface area (Å²) in [5, 5.41) is 8.31. The Hall–Kier alpha value is -2.36. The summed E-state index contributed by atoms with van der Waals surface area (Å²) in [6.07, 6.45) is 0. The average Bonchev–Trinajstić information content (AvgIpc) is 2.79. The van der Waals surface area contributed by atoms with E-state index in [0.717, 1.165) is 27.8 Å². The van der Waals surface area contributed by atoms with Crippen molar-refractivity contribution in [1.29, 1.82) is 0 Å². The molecule has 1 aromatic heterocycles. The van der Waals surface area contributed by atoms with Crippen molar-refractivity contribution in [3.8, 4) is 0 Å². The van der Waals surface area contributed by atoms with Gasteiger partial charge in [0.25, 0.3) is 0 Å². The Kier molecular flexibility index (Phi) is 2.48. The maximum Gasteiger partial charge on any atom is 0.113 e. The number of hydrogen-bond acceptors (Lipinski definition) is 3. The van der Waals surface area contributed by atoms with Gasteiger partial charge in [0, 0.05) is 5.69 Å². The fourth-order valence-corrected chi connectivity index (χ4v) is 2.07. The monoisotopic (exact) mass is 238 g/mol. The van der Waals surface area contributed by atoms with Gasteiger partial charge in [-0.25, -0.2) is 4.68 Å². The lowest BCUT2D eigenvalue weighted by atomic mass is 10.1. The van der Waals surface area contributed by atoms with E-state index in [0.29, 0.717) is 6.54 Å². The van der Waals surface area contributed by atoms with E-state index >= 15 is 0 Å². The summed E-state index contributed by atoms with van der Waals surface area (Å²) in [4.78, 5) is 0. The average molecular weight is 238 g/mol. The van der Waals surface area contributed by atoms with Gasteiger partial charge in [-0.3, -0.25) is 0 Å². The van der Waals surface area contributed by atoms with E-state index in [4.69, 9.17) is 5.73 Å². The lowest BCUT2D eigenvalue weighted by molar-refractivity contribution is 0.670. The van der Waals surface area contributed by atoms with Crippen LogP contribution in [0.25, 0.3) is 11.0 Å². The second-order valence-electron chi connectivity index (χ2n) is 4.38. The molecule has 0 bridgehead atoms. The van der Waals surface area contributed by atoms with E-state index in [1.54, 1.807) is 0 Å². The zero-order valence-electron chi connectivity index (χ0n) is 10.2. The van der Waals surface area contributed by atoms with Crippen LogP contribution < -0.4 is 5.73 Å². The van der Waals surface area contributed by atoms with Crippen molar-refractivity contribution in [1.82, 2.24) is 15.0 Å². The Morgan fingerprint density at radius 1 is 1.11 bits per heavy atom. The zero-order valence-corrected chi connectivity index (χ0v) is 10.2. The maximum atomic E-state index is 6.08. The maximum absolute atomic E-state index is 6.08. The van der Waals surface area contributed by atoms with Crippen molar-refractivity contribution >= 4 is 16.7 Å². The van der Waals surface area contributed by atoms with Crippen LogP contribution in [0.2, 0.25) is 0 Å². The van der Waals surface area contributed by atoms with E-state index in [9.17, 15) is 0 Å². The fraction of sp³-hybridized carbons (Fsp3) is 0.143. The van der Waals surface area contributed by atoms with Crippen LogP contribution in [-0.2, 0) is 6.54 Å². The van der Waals surface area contributed by atoms with Crippen molar-refractivity contribution < 1.29 is 0 Å². The molecule has 0 aliphatic heterocycles. The molecule has 18 heavy (non-hydrogen) atoms. The first kappa shape index (κ1) is 10.8. The van der Waals surface area contributed by atoms with Gasteiger partial charge < -0.3 is 5.73 Å². The lowest BCUT2D eigenvalue weighted by Crippen LogP contribution is -2.05. The molecule has 0 radical (unpaired) electrons. The van der Waals surface area contributed by atoms with Gasteiger partial charge in [0.1, 0.15) is 5.52 Å². The molecule has 4 heteroatoms. The van der Waals surface area contributed by atoms with Crippen molar-refractivity contribution in [3.63, 3.8) is 0 Å². The van der Waals surface area contributed by atoms with E-state index in [1.165, 1.54) is 0 Å². The van der Waals surface area contributed by atoms with Crippen molar-refractivity contribution in [2.24, 2.45) is 0 Å². The van der Waals surface area contributed by atoms with E-state index < -0.39 is 0 Å². The van der Waals surface area contributed by atoms with Crippen LogP contribution in [0.15, 0.2) is 42.5 Å². The fourth-order valence-electron chi connectivity index (χ4n) is 2.07. The molecule has 0 unspecified atom stereocenters. The first-order valence-corrected chi connectivity index (χ1v) is 5.88. The Bertz CT molecular complexity index is 700. The first-order valence-electron chi connectivity index (χ1n) is 5.88. The summed E-state index contributed by atoms with van der Waals surface area (Å²) in [6.45, 7) is 2.66. The largest absolute Gasteiger partial charge is 0.398 e. The summed E-state index contributed by atoms with van der Waals surface area (Å²) in [7, 11) is 0. The topological polar surface area (TPSA) is 56.7 Å². The molecule has 0 atom stereocenters. The van der Waals surface area contributed by atoms with Crippen LogP contribution in [0.4, 0.5) is 5.69 Å². The molecule has 1 heterocycles. The number of aryl methyl sites for hydroxylation is 1. The number of nitrogen functional groups attached to an aromatic ring is 1. The van der Waals surface area contributed by atoms with Gasteiger partial charge in [-0.05, 0) is 30.2 Å². The van der Waals surface area contributed by atoms with Crippen LogP contribution in [0.1, 0.15) is 11.1 Å². The predicted molar refractivity (Wildman–Crippen MR) is 72.2 cm³/mol. The number of benzene rings is 2. The smallest absolute Gasteiger partial charge is 0.113 e. The van der Waals surface area contributed by atoms with Gasteiger partial charge in [0.05, 0.1) is 12.1 Å². The zero-order chi connectivity index (χ0) is 12.5. The Labute approximate surface area is 105 Å². The number of hydrogen-bond donors (Lipinski definition) is 1. The molecular weight excluding hydrogens is 224 g/mol. The van der Waals surface area contributed by atoms with Crippen LogP contribution in [0.3, 0.4) is 0 Å². The Morgan fingerprint density at radius 3 is 2.83 bits per heavy atom. The quantitative estimate of drug-likeness (QED) is 0.697. The predicted octanol–water partition coefficient (Wildman–Crippen LogP) is 2.37. The summed E-state index contributed by atoms with van der Waals surface area (Å²) in [5.74, 6) is 0. The van der Waals surface area contributed by atoms with Crippen molar-refractivity contribution in [2.75, 3.05) is 5.73 Å². The van der Waals surface area contributed by atoms with Gasteiger partial charge in [0.15, 0.2) is 0 Å². The normalized spacial score (nSPS) is 10.9. The molecule has 0 aliphatic carbocycles. The van der Waals surface area contributed by atoms with Gasteiger partial charge in [0.2, 0.25) is 0 Å². The van der Waals surface area contributed by atoms with Crippen LogP contribution in [0, 0.1) is 6.92 Å². The van der Waals surface area contributed by atoms with Crippen molar-refractivity contribution in [3.05, 3.63) is 53.6 Å². The number of anilines is 1. The van der Waals surface area contributed by atoms with Gasteiger partial charge in [-0.2, -0.15) is 0 Å². The molecule has 2 N–H and O–H groups in total. The van der Waals surface area contributed by atoms with E-state index in [1.807, 2.05) is 54.1 Å². The Morgan fingerprint density at radius 2 is 1.94 bits per heavy atom. The molecule has 90 valence electrons. The molecule has 0 fully saturated rings. The molecule has 3 aromatic rings. The minimum Gasteiger partial charge on any atom is -0.398 e. The molecular formula is C14H14N4. The number of rotatable bonds is 2. The number of fused-ring (bicyclic) bond motifs is 1. The number of para-hydroxylation sites is 2. The SMILES string of the molecule is Cc1cccc(Cn2nnc3ccccc32)c1N. The van der Waals surface area contributed by atoms with E-state index in [-0.39, 0.29) is 0 Å². The highest BCUT2D eigenvalue weighted by Crippen LogP contribution is 2.19. The van der Waals surface area contributed by atoms with Gasteiger partial charge in [-0.1, -0.05) is 35.5 Å². The number of nitrogens with zero attached hydrogens (tertiary/aromatic N) is 3. The Balaban J connectivity index is 2.04. The second-order valence-corrected chi connectivity index (χ2v) is 4.38. The third-order valence-electron chi connectivity index (χ3n) is 3.15. The van der Waals surface area contributed by atoms with E-state index in [2.05, 4.69) is 10.3 Å². The molecule has 0 saturated carbocycles.